The second-order valence-electron chi connectivity index (χ2n) is 7.17. The van der Waals surface area contributed by atoms with Gasteiger partial charge in [0.2, 0.25) is 0 Å². The minimum absolute atomic E-state index is 0.0421. The number of ether oxygens (including phenoxy) is 1. The monoisotopic (exact) mass is 470 g/mol. The fourth-order valence-corrected chi connectivity index (χ4v) is 4.79. The number of amides is 1. The molecule has 168 valence electrons. The van der Waals surface area contributed by atoms with Crippen molar-refractivity contribution < 1.29 is 17.9 Å². The lowest BCUT2D eigenvalue weighted by atomic mass is 10.1. The maximum absolute atomic E-state index is 13.1. The van der Waals surface area contributed by atoms with Crippen LogP contribution in [0, 0.1) is 0 Å². The van der Waals surface area contributed by atoms with Gasteiger partial charge in [-0.1, -0.05) is 18.2 Å². The second kappa shape index (κ2) is 10.1. The lowest BCUT2D eigenvalue weighted by Gasteiger charge is -2.20. The van der Waals surface area contributed by atoms with Crippen LogP contribution >= 0.6 is 11.8 Å². The van der Waals surface area contributed by atoms with E-state index in [4.69, 9.17) is 4.74 Å². The van der Waals surface area contributed by atoms with Gasteiger partial charge >= 0.3 is 0 Å². The standard InChI is InChI=1S/C24H26N2O4S2/c1-17(18-8-14-22(31-4)15-9-18)25-24(27)19-6-5-7-23(16-19)32(28,29)26(2)20-10-12-21(30-3)13-11-20/h5-17H,1-4H3,(H,25,27). The lowest BCUT2D eigenvalue weighted by Crippen LogP contribution is -2.28. The number of carbonyl (C=O) groups is 1. The summed E-state index contributed by atoms with van der Waals surface area (Å²) in [5.41, 5.74) is 1.74. The first-order valence-electron chi connectivity index (χ1n) is 9.94. The molecular weight excluding hydrogens is 444 g/mol. The molecule has 3 aromatic rings. The number of benzene rings is 3. The number of carbonyl (C=O) groups excluding carboxylic acids is 1. The van der Waals surface area contributed by atoms with Crippen LogP contribution in [0.25, 0.3) is 0 Å². The average molecular weight is 471 g/mol. The van der Waals surface area contributed by atoms with Crippen molar-refractivity contribution in [1.82, 2.24) is 5.32 Å². The van der Waals surface area contributed by atoms with Crippen molar-refractivity contribution in [1.29, 1.82) is 0 Å². The maximum Gasteiger partial charge on any atom is 0.264 e. The van der Waals surface area contributed by atoms with E-state index in [1.807, 2.05) is 37.4 Å². The third-order valence-corrected chi connectivity index (χ3v) is 7.68. The van der Waals surface area contributed by atoms with E-state index >= 15 is 0 Å². The Labute approximate surface area is 193 Å². The number of anilines is 1. The van der Waals surface area contributed by atoms with Gasteiger partial charge < -0.3 is 10.1 Å². The molecule has 6 nitrogen and oxygen atoms in total. The van der Waals surface area contributed by atoms with E-state index in [2.05, 4.69) is 5.32 Å². The van der Waals surface area contributed by atoms with Crippen LogP contribution < -0.4 is 14.4 Å². The number of sulfonamides is 1. The summed E-state index contributed by atoms with van der Waals surface area (Å²) in [6.45, 7) is 1.89. The molecule has 0 aliphatic carbocycles. The summed E-state index contributed by atoms with van der Waals surface area (Å²) < 4.78 is 32.6. The van der Waals surface area contributed by atoms with Gasteiger partial charge in [-0.3, -0.25) is 9.10 Å². The topological polar surface area (TPSA) is 75.7 Å². The van der Waals surface area contributed by atoms with Crippen LogP contribution in [-0.2, 0) is 10.0 Å². The third kappa shape index (κ3) is 5.26. The van der Waals surface area contributed by atoms with E-state index in [0.717, 1.165) is 10.5 Å². The Hall–Kier alpha value is -2.97. The van der Waals surface area contributed by atoms with Crippen LogP contribution in [0.5, 0.6) is 5.75 Å². The Bertz CT molecular complexity index is 1180. The van der Waals surface area contributed by atoms with Crippen molar-refractivity contribution in [3.05, 3.63) is 83.9 Å². The fraction of sp³-hybridized carbons (Fsp3) is 0.208. The predicted octanol–water partition coefficient (Wildman–Crippen LogP) is 4.73. The molecule has 1 N–H and O–H groups in total. The van der Waals surface area contributed by atoms with Crippen molar-refractivity contribution in [3.8, 4) is 5.75 Å². The van der Waals surface area contributed by atoms with Crippen LogP contribution in [-0.4, -0.2) is 34.7 Å². The zero-order chi connectivity index (χ0) is 23.3. The summed E-state index contributed by atoms with van der Waals surface area (Å²) in [4.78, 5) is 14.0. The summed E-state index contributed by atoms with van der Waals surface area (Å²) in [6, 6.07) is 20.5. The highest BCUT2D eigenvalue weighted by molar-refractivity contribution is 7.98. The van der Waals surface area contributed by atoms with Crippen molar-refractivity contribution in [2.24, 2.45) is 0 Å². The largest absolute Gasteiger partial charge is 0.497 e. The van der Waals surface area contributed by atoms with Gasteiger partial charge in [0.25, 0.3) is 15.9 Å². The van der Waals surface area contributed by atoms with Crippen molar-refractivity contribution >= 4 is 33.4 Å². The Kier molecular flexibility index (Phi) is 7.48. The van der Waals surface area contributed by atoms with E-state index in [9.17, 15) is 13.2 Å². The lowest BCUT2D eigenvalue weighted by molar-refractivity contribution is 0.0939. The van der Waals surface area contributed by atoms with E-state index in [1.165, 1.54) is 23.5 Å². The Morgan fingerprint density at radius 2 is 1.69 bits per heavy atom. The van der Waals surface area contributed by atoms with Gasteiger partial charge in [0.15, 0.2) is 0 Å². The number of rotatable bonds is 8. The number of methoxy groups -OCH3 is 1. The van der Waals surface area contributed by atoms with Crippen LogP contribution in [0.4, 0.5) is 5.69 Å². The van der Waals surface area contributed by atoms with Gasteiger partial charge in [-0.25, -0.2) is 8.42 Å². The highest BCUT2D eigenvalue weighted by atomic mass is 32.2. The number of nitrogens with one attached hydrogen (secondary N) is 1. The zero-order valence-electron chi connectivity index (χ0n) is 18.4. The molecule has 1 atom stereocenters. The first-order chi connectivity index (χ1) is 15.3. The van der Waals surface area contributed by atoms with E-state index in [1.54, 1.807) is 55.3 Å². The number of thioether (sulfide) groups is 1. The van der Waals surface area contributed by atoms with Gasteiger partial charge in [0.05, 0.1) is 23.7 Å². The first-order valence-corrected chi connectivity index (χ1v) is 12.6. The van der Waals surface area contributed by atoms with E-state index in [-0.39, 0.29) is 22.4 Å². The SMILES string of the molecule is COc1ccc(N(C)S(=O)(=O)c2cccc(C(=O)NC(C)c3ccc(SC)cc3)c2)cc1. The number of nitrogens with zero attached hydrogens (tertiary/aromatic N) is 1. The summed E-state index contributed by atoms with van der Waals surface area (Å²) in [5, 5.41) is 2.93. The van der Waals surface area contributed by atoms with Crippen LogP contribution in [0.3, 0.4) is 0 Å². The molecule has 0 aliphatic rings. The molecule has 0 aromatic heterocycles. The molecule has 1 unspecified atom stereocenters. The highest BCUT2D eigenvalue weighted by Crippen LogP contribution is 2.25. The summed E-state index contributed by atoms with van der Waals surface area (Å²) in [6.07, 6.45) is 2.01. The third-order valence-electron chi connectivity index (χ3n) is 5.15. The van der Waals surface area contributed by atoms with Gasteiger partial charge in [-0.15, -0.1) is 11.8 Å². The second-order valence-corrected chi connectivity index (χ2v) is 10.0. The summed E-state index contributed by atoms with van der Waals surface area (Å²) in [5.74, 6) is 0.297. The molecule has 8 heteroatoms. The van der Waals surface area contributed by atoms with Crippen LogP contribution in [0.2, 0.25) is 0 Å². The maximum atomic E-state index is 13.1. The molecule has 0 fully saturated rings. The molecular formula is C24H26N2O4S2. The highest BCUT2D eigenvalue weighted by Gasteiger charge is 2.23. The Morgan fingerprint density at radius 1 is 1.03 bits per heavy atom. The van der Waals surface area contributed by atoms with Crippen molar-refractivity contribution in [2.45, 2.75) is 22.8 Å². The molecule has 32 heavy (non-hydrogen) atoms. The van der Waals surface area contributed by atoms with E-state index in [0.29, 0.717) is 11.4 Å². The molecule has 0 saturated heterocycles. The van der Waals surface area contributed by atoms with Gasteiger partial charge in [-0.05, 0) is 73.3 Å². The van der Waals surface area contributed by atoms with Crippen LogP contribution in [0.1, 0.15) is 28.9 Å². The molecule has 0 spiro atoms. The molecule has 1 amide bonds. The van der Waals surface area contributed by atoms with Crippen molar-refractivity contribution in [3.63, 3.8) is 0 Å². The van der Waals surface area contributed by atoms with Gasteiger partial charge in [0, 0.05) is 17.5 Å². The van der Waals surface area contributed by atoms with E-state index < -0.39 is 10.0 Å². The summed E-state index contributed by atoms with van der Waals surface area (Å²) in [7, 11) is -0.822. The fourth-order valence-electron chi connectivity index (χ4n) is 3.14. The Balaban J connectivity index is 1.78. The predicted molar refractivity (Wildman–Crippen MR) is 129 cm³/mol. The summed E-state index contributed by atoms with van der Waals surface area (Å²) >= 11 is 1.65. The molecule has 0 bridgehead atoms. The minimum Gasteiger partial charge on any atom is -0.497 e. The smallest absolute Gasteiger partial charge is 0.264 e. The molecule has 0 radical (unpaired) electrons. The average Bonchev–Trinajstić information content (AvgIpc) is 2.83. The van der Waals surface area contributed by atoms with Crippen molar-refractivity contribution in [2.75, 3.05) is 24.7 Å². The van der Waals surface area contributed by atoms with Gasteiger partial charge in [0.1, 0.15) is 5.75 Å². The molecule has 0 aliphatic heterocycles. The Morgan fingerprint density at radius 3 is 2.28 bits per heavy atom. The zero-order valence-corrected chi connectivity index (χ0v) is 20.0. The molecule has 0 heterocycles. The van der Waals surface area contributed by atoms with Crippen LogP contribution in [0.15, 0.2) is 82.6 Å². The molecule has 3 rings (SSSR count). The normalized spacial score (nSPS) is 12.1. The first kappa shape index (κ1) is 23.7. The van der Waals surface area contributed by atoms with Gasteiger partial charge in [-0.2, -0.15) is 0 Å². The molecule has 3 aromatic carbocycles. The number of hydrogen-bond acceptors (Lipinski definition) is 5. The number of hydrogen-bond donors (Lipinski definition) is 1. The minimum atomic E-state index is -3.85. The quantitative estimate of drug-likeness (QED) is 0.482. The molecule has 0 saturated carbocycles.